The van der Waals surface area contributed by atoms with E-state index in [1.165, 1.54) is 19.2 Å². The van der Waals surface area contributed by atoms with Crippen LogP contribution < -0.4 is 4.74 Å². The van der Waals surface area contributed by atoms with Crippen LogP contribution in [0.15, 0.2) is 61.2 Å². The van der Waals surface area contributed by atoms with E-state index in [9.17, 15) is 4.39 Å². The predicted molar refractivity (Wildman–Crippen MR) is 127 cm³/mol. The molecule has 5 aromatic heterocycles. The molecule has 0 atom stereocenters. The lowest BCUT2D eigenvalue weighted by molar-refractivity contribution is 0.411. The molecule has 0 unspecified atom stereocenters. The summed E-state index contributed by atoms with van der Waals surface area (Å²) in [5.74, 6) is 0.553. The second-order valence-corrected chi connectivity index (χ2v) is 7.90. The summed E-state index contributed by atoms with van der Waals surface area (Å²) in [5.41, 5.74) is 7.52. The first-order valence-corrected chi connectivity index (χ1v) is 10.6. The molecule has 0 spiro atoms. The molecule has 0 amide bonds. The summed E-state index contributed by atoms with van der Waals surface area (Å²) in [7, 11) is 1.50. The minimum absolute atomic E-state index is 0.400. The maximum atomic E-state index is 14.2. The van der Waals surface area contributed by atoms with Crippen LogP contribution in [0.25, 0.3) is 56.0 Å². The van der Waals surface area contributed by atoms with E-state index in [0.717, 1.165) is 22.3 Å². The molecule has 0 fully saturated rings. The quantitative estimate of drug-likeness (QED) is 0.387. The van der Waals surface area contributed by atoms with Crippen LogP contribution in [-0.4, -0.2) is 42.2 Å². The maximum absolute atomic E-state index is 14.2. The molecule has 0 aliphatic rings. The van der Waals surface area contributed by atoms with Crippen molar-refractivity contribution >= 4 is 22.1 Å². The number of halogens is 1. The van der Waals surface area contributed by atoms with E-state index < -0.39 is 5.82 Å². The maximum Gasteiger partial charge on any atom is 0.161 e. The Morgan fingerprint density at radius 1 is 0.882 bits per heavy atom. The average molecular weight is 451 g/mol. The highest BCUT2D eigenvalue weighted by atomic mass is 19.1. The smallest absolute Gasteiger partial charge is 0.161 e. The van der Waals surface area contributed by atoms with Gasteiger partial charge in [-0.2, -0.15) is 5.10 Å². The fourth-order valence-corrected chi connectivity index (χ4v) is 4.04. The van der Waals surface area contributed by atoms with Crippen molar-refractivity contribution in [3.8, 4) is 39.7 Å². The summed E-state index contributed by atoms with van der Waals surface area (Å²) in [6.07, 6.45) is 6.90. The number of methoxy groups -OCH3 is 1. The Morgan fingerprint density at radius 2 is 1.76 bits per heavy atom. The summed E-state index contributed by atoms with van der Waals surface area (Å²) in [6, 6.07) is 10.3. The minimum atomic E-state index is -0.400. The molecule has 9 heteroatoms. The Labute approximate surface area is 192 Å². The highest BCUT2D eigenvalue weighted by Crippen LogP contribution is 2.33. The summed E-state index contributed by atoms with van der Waals surface area (Å²) in [5, 5.41) is 7.49. The van der Waals surface area contributed by atoms with E-state index in [2.05, 4.69) is 25.1 Å². The number of fused-ring (bicyclic) bond motifs is 2. The van der Waals surface area contributed by atoms with Crippen molar-refractivity contribution in [1.29, 1.82) is 0 Å². The molecule has 0 radical (unpaired) electrons. The molecule has 6 rings (SSSR count). The number of aryl methyl sites for hydroxylation is 1. The SMILES string of the molecule is COc1cc(F)cc(-c2cncc3[nH]c(-c4n[nH]c5ccc(-c6cnccc6C)nc45)nc23)c1. The summed E-state index contributed by atoms with van der Waals surface area (Å²) in [4.78, 5) is 21.5. The van der Waals surface area contributed by atoms with Crippen molar-refractivity contribution < 1.29 is 9.13 Å². The van der Waals surface area contributed by atoms with Crippen LogP contribution in [-0.2, 0) is 0 Å². The van der Waals surface area contributed by atoms with Gasteiger partial charge in [0.25, 0.3) is 0 Å². The molecular formula is C25H18FN7O. The first-order valence-electron chi connectivity index (χ1n) is 10.6. The third-order valence-electron chi connectivity index (χ3n) is 5.76. The van der Waals surface area contributed by atoms with E-state index in [-0.39, 0.29) is 0 Å². The van der Waals surface area contributed by atoms with Gasteiger partial charge in [-0.3, -0.25) is 15.1 Å². The molecule has 0 bridgehead atoms. The van der Waals surface area contributed by atoms with Gasteiger partial charge in [0.05, 0.1) is 35.6 Å². The molecule has 0 aliphatic carbocycles. The van der Waals surface area contributed by atoms with Crippen molar-refractivity contribution in [2.75, 3.05) is 7.11 Å². The molecule has 5 heterocycles. The van der Waals surface area contributed by atoms with Crippen LogP contribution in [0.2, 0.25) is 0 Å². The van der Waals surface area contributed by atoms with Crippen LogP contribution >= 0.6 is 0 Å². The molecule has 0 aliphatic heterocycles. The number of H-pyrrole nitrogens is 2. The Balaban J connectivity index is 1.51. The Bertz CT molecular complexity index is 1690. The Hall–Kier alpha value is -4.66. The number of ether oxygens (including phenoxy) is 1. The standard InChI is InChI=1S/C25H18FN7O/c1-13-5-6-27-10-17(13)19-3-4-20-23(29-19)24(33-32-20)25-30-21-12-28-11-18(22(21)31-25)14-7-15(26)9-16(8-14)34-2/h3-12H,1-2H3,(H,30,31)(H,32,33). The van der Waals surface area contributed by atoms with Crippen molar-refractivity contribution in [2.24, 2.45) is 0 Å². The molecule has 0 saturated heterocycles. The van der Waals surface area contributed by atoms with Crippen molar-refractivity contribution in [3.63, 3.8) is 0 Å². The molecule has 0 saturated carbocycles. The summed E-state index contributed by atoms with van der Waals surface area (Å²) >= 11 is 0. The number of rotatable bonds is 4. The fourth-order valence-electron chi connectivity index (χ4n) is 4.04. The third kappa shape index (κ3) is 3.25. The number of aromatic amines is 2. The highest BCUT2D eigenvalue weighted by Gasteiger charge is 2.18. The van der Waals surface area contributed by atoms with Gasteiger partial charge in [-0.05, 0) is 48.4 Å². The molecular weight excluding hydrogens is 433 g/mol. The molecule has 8 nitrogen and oxygen atoms in total. The predicted octanol–water partition coefficient (Wildman–Crippen LogP) is 5.08. The molecule has 1 aromatic carbocycles. The monoisotopic (exact) mass is 451 g/mol. The van der Waals surface area contributed by atoms with E-state index in [0.29, 0.717) is 44.9 Å². The zero-order chi connectivity index (χ0) is 23.2. The van der Waals surface area contributed by atoms with Crippen LogP contribution in [0.3, 0.4) is 0 Å². The number of hydrogen-bond acceptors (Lipinski definition) is 6. The van der Waals surface area contributed by atoms with E-state index in [4.69, 9.17) is 14.7 Å². The Morgan fingerprint density at radius 3 is 2.62 bits per heavy atom. The van der Waals surface area contributed by atoms with Crippen LogP contribution in [0, 0.1) is 12.7 Å². The highest BCUT2D eigenvalue weighted by molar-refractivity contribution is 5.96. The zero-order valence-electron chi connectivity index (χ0n) is 18.3. The first kappa shape index (κ1) is 20.0. The lowest BCUT2D eigenvalue weighted by Crippen LogP contribution is -1.90. The fraction of sp³-hybridized carbons (Fsp3) is 0.0800. The van der Waals surface area contributed by atoms with Gasteiger partial charge in [-0.1, -0.05) is 0 Å². The Kier molecular flexibility index (Phi) is 4.54. The molecule has 2 N–H and O–H groups in total. The van der Waals surface area contributed by atoms with Crippen molar-refractivity contribution in [3.05, 3.63) is 72.6 Å². The van der Waals surface area contributed by atoms with Gasteiger partial charge in [0.15, 0.2) is 11.5 Å². The van der Waals surface area contributed by atoms with Gasteiger partial charge in [0.1, 0.15) is 17.1 Å². The average Bonchev–Trinajstić information content (AvgIpc) is 3.47. The normalized spacial score (nSPS) is 11.4. The van der Waals surface area contributed by atoms with E-state index in [1.807, 2.05) is 25.1 Å². The van der Waals surface area contributed by atoms with Gasteiger partial charge >= 0.3 is 0 Å². The lowest BCUT2D eigenvalue weighted by atomic mass is 10.1. The lowest BCUT2D eigenvalue weighted by Gasteiger charge is -2.06. The third-order valence-corrected chi connectivity index (χ3v) is 5.76. The van der Waals surface area contributed by atoms with Crippen molar-refractivity contribution in [1.82, 2.24) is 35.1 Å². The largest absolute Gasteiger partial charge is 0.497 e. The molecule has 166 valence electrons. The minimum Gasteiger partial charge on any atom is -0.497 e. The summed E-state index contributed by atoms with van der Waals surface area (Å²) < 4.78 is 19.4. The van der Waals surface area contributed by atoms with Gasteiger partial charge in [-0.15, -0.1) is 0 Å². The van der Waals surface area contributed by atoms with Gasteiger partial charge in [-0.25, -0.2) is 14.4 Å². The number of hydrogen-bond donors (Lipinski definition) is 2. The van der Waals surface area contributed by atoms with Crippen molar-refractivity contribution in [2.45, 2.75) is 6.92 Å². The van der Waals surface area contributed by atoms with Gasteiger partial charge in [0, 0.05) is 35.8 Å². The molecule has 34 heavy (non-hydrogen) atoms. The number of imidazole rings is 1. The van der Waals surface area contributed by atoms with Gasteiger partial charge in [0.2, 0.25) is 0 Å². The van der Waals surface area contributed by atoms with Crippen LogP contribution in [0.5, 0.6) is 5.75 Å². The number of nitrogens with zero attached hydrogens (tertiary/aromatic N) is 5. The van der Waals surface area contributed by atoms with Gasteiger partial charge < -0.3 is 9.72 Å². The van der Waals surface area contributed by atoms with E-state index >= 15 is 0 Å². The number of pyridine rings is 3. The van der Waals surface area contributed by atoms with E-state index in [1.54, 1.807) is 30.9 Å². The zero-order valence-corrected chi connectivity index (χ0v) is 18.3. The molecule has 6 aromatic rings. The topological polar surface area (TPSA) is 105 Å². The number of aromatic nitrogens is 7. The number of nitrogens with one attached hydrogen (secondary N) is 2. The summed E-state index contributed by atoms with van der Waals surface area (Å²) in [6.45, 7) is 2.02. The van der Waals surface area contributed by atoms with Crippen LogP contribution in [0.1, 0.15) is 5.56 Å². The number of benzene rings is 1. The second kappa shape index (κ2) is 7.73. The second-order valence-electron chi connectivity index (χ2n) is 7.90. The first-order chi connectivity index (χ1) is 16.6. The van der Waals surface area contributed by atoms with Crippen LogP contribution in [0.4, 0.5) is 4.39 Å².